The van der Waals surface area contributed by atoms with Crippen molar-refractivity contribution in [1.82, 2.24) is 10.2 Å². The van der Waals surface area contributed by atoms with Gasteiger partial charge < -0.3 is 24.8 Å². The molecule has 0 saturated heterocycles. The number of likely N-dealkylation sites (N-methyl/N-ethyl adjacent to an activating group) is 1. The lowest BCUT2D eigenvalue weighted by Crippen LogP contribution is -2.53. The fourth-order valence-corrected chi connectivity index (χ4v) is 3.73. The maximum Gasteiger partial charge on any atom is 0.407 e. The summed E-state index contributed by atoms with van der Waals surface area (Å²) in [6.07, 6.45) is -0.770. The van der Waals surface area contributed by atoms with Crippen LogP contribution in [-0.4, -0.2) is 67.4 Å². The number of hydrogen-bond acceptors (Lipinski definition) is 5. The van der Waals surface area contributed by atoms with E-state index in [1.807, 2.05) is 48.5 Å². The van der Waals surface area contributed by atoms with Crippen LogP contribution in [0.5, 0.6) is 0 Å². The summed E-state index contributed by atoms with van der Waals surface area (Å²) in [6.45, 7) is 1.38. The van der Waals surface area contributed by atoms with Crippen molar-refractivity contribution >= 4 is 18.0 Å². The fourth-order valence-electron chi connectivity index (χ4n) is 3.73. The molecular formula is C23H26N2O6. The van der Waals surface area contributed by atoms with Crippen LogP contribution in [0, 0.1) is 0 Å². The number of hydrogen-bond donors (Lipinski definition) is 2. The maximum absolute atomic E-state index is 12.6. The molecule has 2 aromatic rings. The van der Waals surface area contributed by atoms with Gasteiger partial charge in [0.05, 0.1) is 6.61 Å². The minimum atomic E-state index is -1.15. The number of aliphatic carboxylic acids is 1. The SMILES string of the molecule is COC[C@H](NC(=O)OCC1c2ccccc2-c2ccccc21)C(=O)N(C)C(C)C(=O)O. The monoisotopic (exact) mass is 426 g/mol. The molecule has 0 heterocycles. The maximum atomic E-state index is 12.6. The van der Waals surface area contributed by atoms with Crippen molar-refractivity contribution in [2.24, 2.45) is 0 Å². The molecule has 1 aliphatic rings. The number of carboxylic acid groups (broad SMARTS) is 1. The number of nitrogens with one attached hydrogen (secondary N) is 1. The molecule has 0 aromatic heterocycles. The molecule has 0 spiro atoms. The summed E-state index contributed by atoms with van der Waals surface area (Å²) in [6, 6.07) is 13.9. The van der Waals surface area contributed by atoms with Crippen LogP contribution in [-0.2, 0) is 19.1 Å². The van der Waals surface area contributed by atoms with Crippen molar-refractivity contribution < 1.29 is 29.0 Å². The zero-order valence-corrected chi connectivity index (χ0v) is 17.7. The Morgan fingerprint density at radius 3 is 2.13 bits per heavy atom. The molecule has 0 fully saturated rings. The van der Waals surface area contributed by atoms with Crippen molar-refractivity contribution in [2.45, 2.75) is 24.9 Å². The molecule has 0 radical (unpaired) electrons. The van der Waals surface area contributed by atoms with Gasteiger partial charge in [0.2, 0.25) is 5.91 Å². The number of carbonyl (C=O) groups is 3. The molecule has 0 bridgehead atoms. The highest BCUT2D eigenvalue weighted by Crippen LogP contribution is 2.44. The van der Waals surface area contributed by atoms with E-state index in [1.165, 1.54) is 21.1 Å². The largest absolute Gasteiger partial charge is 0.480 e. The van der Waals surface area contributed by atoms with Gasteiger partial charge in [-0.25, -0.2) is 9.59 Å². The molecule has 1 unspecified atom stereocenters. The predicted molar refractivity (Wildman–Crippen MR) is 114 cm³/mol. The molecule has 0 saturated carbocycles. The summed E-state index contributed by atoms with van der Waals surface area (Å²) < 4.78 is 10.5. The molecular weight excluding hydrogens is 400 g/mol. The van der Waals surface area contributed by atoms with Crippen LogP contribution in [0.1, 0.15) is 24.0 Å². The molecule has 8 heteroatoms. The highest BCUT2D eigenvalue weighted by atomic mass is 16.5. The van der Waals surface area contributed by atoms with Crippen LogP contribution in [0.3, 0.4) is 0 Å². The minimum Gasteiger partial charge on any atom is -0.480 e. The zero-order valence-electron chi connectivity index (χ0n) is 17.7. The lowest BCUT2D eigenvalue weighted by Gasteiger charge is -2.26. The van der Waals surface area contributed by atoms with Gasteiger partial charge in [0.15, 0.2) is 0 Å². The van der Waals surface area contributed by atoms with Gasteiger partial charge >= 0.3 is 12.1 Å². The van der Waals surface area contributed by atoms with Crippen LogP contribution in [0.25, 0.3) is 11.1 Å². The average molecular weight is 426 g/mol. The summed E-state index contributed by atoms with van der Waals surface area (Å²) in [7, 11) is 2.75. The second kappa shape index (κ2) is 9.61. The van der Waals surface area contributed by atoms with Crippen molar-refractivity contribution in [2.75, 3.05) is 27.4 Å². The van der Waals surface area contributed by atoms with Crippen molar-refractivity contribution in [3.05, 3.63) is 59.7 Å². The summed E-state index contributed by atoms with van der Waals surface area (Å²) >= 11 is 0. The predicted octanol–water partition coefficient (Wildman–Crippen LogP) is 2.47. The molecule has 8 nitrogen and oxygen atoms in total. The smallest absolute Gasteiger partial charge is 0.407 e. The van der Waals surface area contributed by atoms with Gasteiger partial charge in [0.1, 0.15) is 18.7 Å². The molecule has 164 valence electrons. The first-order valence-corrected chi connectivity index (χ1v) is 9.95. The molecule has 3 rings (SSSR count). The fraction of sp³-hybridized carbons (Fsp3) is 0.348. The van der Waals surface area contributed by atoms with Gasteiger partial charge in [0.25, 0.3) is 0 Å². The van der Waals surface area contributed by atoms with E-state index in [-0.39, 0.29) is 19.1 Å². The Bertz CT molecular complexity index is 931. The Hall–Kier alpha value is -3.39. The van der Waals surface area contributed by atoms with Gasteiger partial charge in [-0.1, -0.05) is 48.5 Å². The molecule has 2 aromatic carbocycles. The van der Waals surface area contributed by atoms with Gasteiger partial charge in [0, 0.05) is 20.1 Å². The quantitative estimate of drug-likeness (QED) is 0.672. The van der Waals surface area contributed by atoms with E-state index in [4.69, 9.17) is 14.6 Å². The first kappa shape index (κ1) is 22.3. The number of alkyl carbamates (subject to hydrolysis) is 1. The minimum absolute atomic E-state index is 0.106. The lowest BCUT2D eigenvalue weighted by atomic mass is 9.98. The van der Waals surface area contributed by atoms with E-state index in [2.05, 4.69) is 5.32 Å². The number of amides is 2. The first-order chi connectivity index (χ1) is 14.8. The summed E-state index contributed by atoms with van der Waals surface area (Å²) in [4.78, 5) is 37.3. The number of nitrogens with zero attached hydrogens (tertiary/aromatic N) is 1. The third kappa shape index (κ3) is 4.69. The molecule has 0 aliphatic heterocycles. The Labute approximate surface area is 180 Å². The summed E-state index contributed by atoms with van der Waals surface area (Å²) in [5.74, 6) is -1.83. The number of methoxy groups -OCH3 is 1. The van der Waals surface area contributed by atoms with Crippen LogP contribution in [0.15, 0.2) is 48.5 Å². The molecule has 2 atom stereocenters. The normalized spacial score (nSPS) is 14.2. The third-order valence-electron chi connectivity index (χ3n) is 5.55. The number of rotatable bonds is 8. The van der Waals surface area contributed by atoms with E-state index >= 15 is 0 Å². The third-order valence-corrected chi connectivity index (χ3v) is 5.55. The highest BCUT2D eigenvalue weighted by molar-refractivity contribution is 5.89. The van der Waals surface area contributed by atoms with Crippen molar-refractivity contribution in [3.8, 4) is 11.1 Å². The van der Waals surface area contributed by atoms with E-state index in [0.717, 1.165) is 27.2 Å². The second-order valence-corrected chi connectivity index (χ2v) is 7.44. The zero-order chi connectivity index (χ0) is 22.5. The Morgan fingerprint density at radius 1 is 1.06 bits per heavy atom. The van der Waals surface area contributed by atoms with Crippen LogP contribution < -0.4 is 5.32 Å². The van der Waals surface area contributed by atoms with E-state index in [1.54, 1.807) is 0 Å². The van der Waals surface area contributed by atoms with E-state index in [9.17, 15) is 14.4 Å². The van der Waals surface area contributed by atoms with Crippen LogP contribution in [0.2, 0.25) is 0 Å². The topological polar surface area (TPSA) is 105 Å². The summed E-state index contributed by atoms with van der Waals surface area (Å²) in [5, 5.41) is 11.6. The van der Waals surface area contributed by atoms with Crippen LogP contribution >= 0.6 is 0 Å². The standard InChI is InChI=1S/C23H26N2O6/c1-14(22(27)28)25(2)21(26)20(13-30-3)24-23(29)31-12-19-17-10-6-4-8-15(17)16-9-5-7-11-18(16)19/h4-11,14,19-20H,12-13H2,1-3H3,(H,24,29)(H,27,28)/t14?,20-/m0/s1. The van der Waals surface area contributed by atoms with Gasteiger partial charge in [-0.15, -0.1) is 0 Å². The van der Waals surface area contributed by atoms with Gasteiger partial charge in [-0.2, -0.15) is 0 Å². The number of carboxylic acids is 1. The van der Waals surface area contributed by atoms with Gasteiger partial charge in [-0.05, 0) is 29.2 Å². The average Bonchev–Trinajstić information content (AvgIpc) is 3.09. The molecule has 2 amide bonds. The Balaban J connectivity index is 1.67. The Morgan fingerprint density at radius 2 is 1.61 bits per heavy atom. The van der Waals surface area contributed by atoms with E-state index in [0.29, 0.717) is 0 Å². The second-order valence-electron chi connectivity index (χ2n) is 7.44. The molecule has 1 aliphatic carbocycles. The van der Waals surface area contributed by atoms with E-state index < -0.39 is 30.1 Å². The number of ether oxygens (including phenoxy) is 2. The van der Waals surface area contributed by atoms with Gasteiger partial charge in [-0.3, -0.25) is 4.79 Å². The van der Waals surface area contributed by atoms with Crippen LogP contribution in [0.4, 0.5) is 4.79 Å². The van der Waals surface area contributed by atoms with Crippen molar-refractivity contribution in [3.63, 3.8) is 0 Å². The number of fused-ring (bicyclic) bond motifs is 3. The number of carbonyl (C=O) groups excluding carboxylic acids is 2. The van der Waals surface area contributed by atoms with Crippen molar-refractivity contribution in [1.29, 1.82) is 0 Å². The highest BCUT2D eigenvalue weighted by Gasteiger charge is 2.32. The number of benzene rings is 2. The lowest BCUT2D eigenvalue weighted by molar-refractivity contribution is -0.149. The molecule has 2 N–H and O–H groups in total. The molecule has 31 heavy (non-hydrogen) atoms. The Kier molecular flexibility index (Phi) is 6.91. The summed E-state index contributed by atoms with van der Waals surface area (Å²) in [5.41, 5.74) is 4.39. The first-order valence-electron chi connectivity index (χ1n) is 9.95.